The van der Waals surface area contributed by atoms with E-state index in [-0.39, 0.29) is 18.4 Å². The summed E-state index contributed by atoms with van der Waals surface area (Å²) in [4.78, 5) is 26.5. The van der Waals surface area contributed by atoms with E-state index >= 15 is 0 Å². The third-order valence-electron chi connectivity index (χ3n) is 4.56. The van der Waals surface area contributed by atoms with Crippen LogP contribution in [0.15, 0.2) is 54.6 Å². The van der Waals surface area contributed by atoms with E-state index in [1.165, 1.54) is 0 Å². The first-order valence-corrected chi connectivity index (χ1v) is 8.93. The summed E-state index contributed by atoms with van der Waals surface area (Å²) in [7, 11) is 0. The van der Waals surface area contributed by atoms with Crippen LogP contribution in [-0.2, 0) is 16.1 Å². The number of hydrogen-bond acceptors (Lipinski definition) is 4. The fourth-order valence-corrected chi connectivity index (χ4v) is 3.09. The van der Waals surface area contributed by atoms with Gasteiger partial charge in [0.05, 0.1) is 17.2 Å². The molecule has 1 N–H and O–H groups in total. The SMILES string of the molecule is N#Cc1ccccc1NC(=O)C1CCCN(C(=O)OCc2ccccc2)C1. The second-order valence-corrected chi connectivity index (χ2v) is 6.47. The molecule has 0 saturated carbocycles. The van der Waals surface area contributed by atoms with Crippen molar-refractivity contribution in [3.63, 3.8) is 0 Å². The molecule has 0 bridgehead atoms. The van der Waals surface area contributed by atoms with Crippen LogP contribution in [0.4, 0.5) is 10.5 Å². The molecule has 3 rings (SSSR count). The van der Waals surface area contributed by atoms with Crippen LogP contribution >= 0.6 is 0 Å². The highest BCUT2D eigenvalue weighted by Gasteiger charge is 2.29. The summed E-state index contributed by atoms with van der Waals surface area (Å²) >= 11 is 0. The van der Waals surface area contributed by atoms with Gasteiger partial charge in [-0.3, -0.25) is 4.79 Å². The number of carbonyl (C=O) groups excluding carboxylic acids is 2. The summed E-state index contributed by atoms with van der Waals surface area (Å²) in [6.07, 6.45) is 1.02. The molecule has 1 fully saturated rings. The molecule has 2 aromatic rings. The van der Waals surface area contributed by atoms with Gasteiger partial charge in [-0.25, -0.2) is 4.79 Å². The van der Waals surface area contributed by atoms with Gasteiger partial charge in [0, 0.05) is 13.1 Å². The first-order valence-electron chi connectivity index (χ1n) is 8.93. The number of likely N-dealkylation sites (tertiary alicyclic amines) is 1. The van der Waals surface area contributed by atoms with Crippen molar-refractivity contribution in [1.29, 1.82) is 5.26 Å². The lowest BCUT2D eigenvalue weighted by molar-refractivity contribution is -0.121. The van der Waals surface area contributed by atoms with Crippen molar-refractivity contribution in [2.75, 3.05) is 18.4 Å². The van der Waals surface area contributed by atoms with E-state index in [9.17, 15) is 9.59 Å². The molecule has 6 nitrogen and oxygen atoms in total. The summed E-state index contributed by atoms with van der Waals surface area (Å²) in [5, 5.41) is 11.9. The number of rotatable bonds is 4. The number of hydrogen-bond donors (Lipinski definition) is 1. The Morgan fingerprint density at radius 3 is 2.67 bits per heavy atom. The van der Waals surface area contributed by atoms with E-state index < -0.39 is 6.09 Å². The number of carbonyl (C=O) groups is 2. The van der Waals surface area contributed by atoms with Gasteiger partial charge < -0.3 is 15.0 Å². The standard InChI is InChI=1S/C21H21N3O3/c22-13-17-9-4-5-11-19(17)23-20(25)18-10-6-12-24(14-18)21(26)27-15-16-7-2-1-3-8-16/h1-5,7-9,11,18H,6,10,12,14-15H2,(H,23,25). The molecular weight excluding hydrogens is 342 g/mol. The number of para-hydroxylation sites is 1. The Labute approximate surface area is 158 Å². The van der Waals surface area contributed by atoms with E-state index in [0.29, 0.717) is 30.8 Å². The molecule has 0 aromatic heterocycles. The Bertz CT molecular complexity index is 845. The summed E-state index contributed by atoms with van der Waals surface area (Å²) in [6.45, 7) is 1.10. The molecule has 2 aromatic carbocycles. The van der Waals surface area contributed by atoms with Gasteiger partial charge in [0.1, 0.15) is 12.7 Å². The maximum atomic E-state index is 12.6. The smallest absolute Gasteiger partial charge is 0.410 e. The summed E-state index contributed by atoms with van der Waals surface area (Å²) in [5.74, 6) is -0.506. The number of ether oxygens (including phenoxy) is 1. The number of benzene rings is 2. The minimum Gasteiger partial charge on any atom is -0.445 e. The Morgan fingerprint density at radius 2 is 1.89 bits per heavy atom. The van der Waals surface area contributed by atoms with E-state index in [4.69, 9.17) is 10.00 Å². The van der Waals surface area contributed by atoms with E-state index in [1.54, 1.807) is 29.2 Å². The lowest BCUT2D eigenvalue weighted by atomic mass is 9.97. The zero-order chi connectivity index (χ0) is 19.1. The van der Waals surface area contributed by atoms with Gasteiger partial charge in [0.15, 0.2) is 0 Å². The van der Waals surface area contributed by atoms with Crippen molar-refractivity contribution in [3.8, 4) is 6.07 Å². The van der Waals surface area contributed by atoms with E-state index in [0.717, 1.165) is 12.0 Å². The maximum Gasteiger partial charge on any atom is 0.410 e. The molecular formula is C21H21N3O3. The van der Waals surface area contributed by atoms with Crippen LogP contribution in [0, 0.1) is 17.2 Å². The highest BCUT2D eigenvalue weighted by molar-refractivity contribution is 5.94. The Morgan fingerprint density at radius 1 is 1.15 bits per heavy atom. The Balaban J connectivity index is 1.56. The first-order chi connectivity index (χ1) is 13.2. The molecule has 0 aliphatic carbocycles. The third kappa shape index (κ3) is 4.85. The highest BCUT2D eigenvalue weighted by atomic mass is 16.6. The second-order valence-electron chi connectivity index (χ2n) is 6.47. The maximum absolute atomic E-state index is 12.6. The first kappa shape index (κ1) is 18.5. The molecule has 1 atom stereocenters. The van der Waals surface area contributed by atoms with Crippen molar-refractivity contribution in [3.05, 3.63) is 65.7 Å². The zero-order valence-corrected chi connectivity index (χ0v) is 14.9. The van der Waals surface area contributed by atoms with Crippen LogP contribution in [0.5, 0.6) is 0 Å². The molecule has 27 heavy (non-hydrogen) atoms. The number of anilines is 1. The number of nitrogens with zero attached hydrogens (tertiary/aromatic N) is 2. The van der Waals surface area contributed by atoms with Gasteiger partial charge in [-0.05, 0) is 30.5 Å². The second kappa shape index (κ2) is 8.86. The van der Waals surface area contributed by atoms with Gasteiger partial charge in [-0.1, -0.05) is 42.5 Å². The van der Waals surface area contributed by atoms with Crippen molar-refractivity contribution >= 4 is 17.7 Å². The predicted molar refractivity (Wildman–Crippen MR) is 101 cm³/mol. The number of piperidine rings is 1. The van der Waals surface area contributed by atoms with Crippen LogP contribution in [0.3, 0.4) is 0 Å². The number of nitriles is 1. The molecule has 1 aliphatic heterocycles. The van der Waals surface area contributed by atoms with Gasteiger partial charge >= 0.3 is 6.09 Å². The van der Waals surface area contributed by atoms with Gasteiger partial charge in [-0.15, -0.1) is 0 Å². The number of nitrogens with one attached hydrogen (secondary N) is 1. The van der Waals surface area contributed by atoms with Crippen LogP contribution in [0.2, 0.25) is 0 Å². The average Bonchev–Trinajstić information content (AvgIpc) is 2.73. The third-order valence-corrected chi connectivity index (χ3v) is 4.56. The summed E-state index contributed by atoms with van der Waals surface area (Å²) in [6, 6.07) is 18.4. The Kier molecular flexibility index (Phi) is 6.06. The summed E-state index contributed by atoms with van der Waals surface area (Å²) < 4.78 is 5.36. The molecule has 1 heterocycles. The molecule has 2 amide bonds. The van der Waals surface area contributed by atoms with E-state index in [2.05, 4.69) is 11.4 Å². The fourth-order valence-electron chi connectivity index (χ4n) is 3.09. The van der Waals surface area contributed by atoms with Crippen LogP contribution < -0.4 is 5.32 Å². The summed E-state index contributed by atoms with van der Waals surface area (Å²) in [5.41, 5.74) is 1.83. The molecule has 1 aliphatic rings. The minimum absolute atomic E-state index is 0.182. The predicted octanol–water partition coefficient (Wildman–Crippen LogP) is 3.55. The fraction of sp³-hybridized carbons (Fsp3) is 0.286. The monoisotopic (exact) mass is 363 g/mol. The van der Waals surface area contributed by atoms with Crippen molar-refractivity contribution in [2.24, 2.45) is 5.92 Å². The van der Waals surface area contributed by atoms with Crippen LogP contribution in [-0.4, -0.2) is 30.0 Å². The van der Waals surface area contributed by atoms with Crippen molar-refractivity contribution in [1.82, 2.24) is 4.90 Å². The van der Waals surface area contributed by atoms with Crippen LogP contribution in [0.25, 0.3) is 0 Å². The normalized spacial score (nSPS) is 16.3. The van der Waals surface area contributed by atoms with Crippen molar-refractivity contribution in [2.45, 2.75) is 19.4 Å². The molecule has 138 valence electrons. The van der Waals surface area contributed by atoms with Gasteiger partial charge in [0.2, 0.25) is 5.91 Å². The largest absolute Gasteiger partial charge is 0.445 e. The van der Waals surface area contributed by atoms with E-state index in [1.807, 2.05) is 30.3 Å². The number of amides is 2. The van der Waals surface area contributed by atoms with Crippen molar-refractivity contribution < 1.29 is 14.3 Å². The highest BCUT2D eigenvalue weighted by Crippen LogP contribution is 2.21. The van der Waals surface area contributed by atoms with Gasteiger partial charge in [-0.2, -0.15) is 5.26 Å². The lowest BCUT2D eigenvalue weighted by Crippen LogP contribution is -2.44. The molecule has 1 saturated heterocycles. The molecule has 0 radical (unpaired) electrons. The van der Waals surface area contributed by atoms with Crippen LogP contribution in [0.1, 0.15) is 24.0 Å². The molecule has 6 heteroatoms. The minimum atomic E-state index is -0.409. The lowest BCUT2D eigenvalue weighted by Gasteiger charge is -2.31. The molecule has 1 unspecified atom stereocenters. The van der Waals surface area contributed by atoms with Gasteiger partial charge in [0.25, 0.3) is 0 Å². The topological polar surface area (TPSA) is 82.4 Å². The Hall–Kier alpha value is -3.33. The average molecular weight is 363 g/mol. The molecule has 0 spiro atoms. The zero-order valence-electron chi connectivity index (χ0n) is 14.9. The quantitative estimate of drug-likeness (QED) is 0.901.